The SMILES string of the molecule is CC(CN1CCn2nc(-c3ccncc3)c(-c3ccc(OCc4ccc(C(C)C)cc4)cc3)c2C1)CC(C)(C)[Si](C)(C)O. The van der Waals surface area contributed by atoms with Crippen LogP contribution in [-0.4, -0.2) is 45.9 Å². The summed E-state index contributed by atoms with van der Waals surface area (Å²) in [5, 5.41) is 5.10. The number of pyridine rings is 1. The normalized spacial score (nSPS) is 15.0. The van der Waals surface area contributed by atoms with Crippen molar-refractivity contribution in [2.45, 2.75) is 84.8 Å². The predicted octanol–water partition coefficient (Wildman–Crippen LogP) is 8.13. The lowest BCUT2D eigenvalue weighted by Gasteiger charge is -2.39. The van der Waals surface area contributed by atoms with Crippen LogP contribution in [0.1, 0.15) is 63.8 Å². The number of aromatic nitrogens is 3. The summed E-state index contributed by atoms with van der Waals surface area (Å²) < 4.78 is 8.36. The molecule has 3 heterocycles. The molecule has 0 fully saturated rings. The summed E-state index contributed by atoms with van der Waals surface area (Å²) in [5.74, 6) is 1.87. The molecule has 2 aromatic carbocycles. The van der Waals surface area contributed by atoms with E-state index in [0.29, 0.717) is 18.4 Å². The van der Waals surface area contributed by atoms with Crippen LogP contribution in [0.5, 0.6) is 5.75 Å². The van der Waals surface area contributed by atoms with Gasteiger partial charge in [0.1, 0.15) is 18.1 Å². The molecule has 4 aromatic rings. The minimum absolute atomic E-state index is 0.0228. The highest BCUT2D eigenvalue weighted by molar-refractivity contribution is 6.72. The van der Waals surface area contributed by atoms with E-state index in [0.717, 1.165) is 55.2 Å². The number of benzene rings is 2. The molecule has 0 aliphatic carbocycles. The van der Waals surface area contributed by atoms with Gasteiger partial charge in [0.2, 0.25) is 0 Å². The number of nitrogens with zero attached hydrogens (tertiary/aromatic N) is 4. The van der Waals surface area contributed by atoms with Gasteiger partial charge in [-0.1, -0.05) is 71.0 Å². The Balaban J connectivity index is 1.36. The standard InChI is InChI=1S/C36H48N4O2Si/c1-26(2)29-10-8-28(9-11-29)25-42-32-14-12-30(13-15-32)34-33-24-39(23-27(3)22-36(4,5)43(6,7)41)20-21-40(33)38-35(34)31-16-18-37-19-17-31/h8-19,26-27,41H,20-25H2,1-7H3. The average Bonchev–Trinajstić information content (AvgIpc) is 3.35. The number of hydrogen-bond donors (Lipinski definition) is 1. The lowest BCUT2D eigenvalue weighted by molar-refractivity contribution is 0.177. The van der Waals surface area contributed by atoms with Crippen molar-refractivity contribution in [1.82, 2.24) is 19.7 Å². The molecule has 0 spiro atoms. The van der Waals surface area contributed by atoms with Crippen molar-refractivity contribution in [1.29, 1.82) is 0 Å². The lowest BCUT2D eigenvalue weighted by atomic mass is 9.96. The second-order valence-corrected chi connectivity index (χ2v) is 18.3. The maximum Gasteiger partial charge on any atom is 0.188 e. The predicted molar refractivity (Wildman–Crippen MR) is 179 cm³/mol. The van der Waals surface area contributed by atoms with Gasteiger partial charge in [0.05, 0.1) is 12.2 Å². The third-order valence-corrected chi connectivity index (χ3v) is 12.8. The summed E-state index contributed by atoms with van der Waals surface area (Å²) in [4.78, 5) is 17.6. The van der Waals surface area contributed by atoms with E-state index in [-0.39, 0.29) is 5.04 Å². The Morgan fingerprint density at radius 2 is 1.58 bits per heavy atom. The van der Waals surface area contributed by atoms with Crippen LogP contribution < -0.4 is 4.74 Å². The van der Waals surface area contributed by atoms with Gasteiger partial charge in [-0.15, -0.1) is 0 Å². The highest BCUT2D eigenvalue weighted by Gasteiger charge is 2.39. The van der Waals surface area contributed by atoms with Crippen molar-refractivity contribution in [2.75, 3.05) is 13.1 Å². The number of ether oxygens (including phenoxy) is 1. The fourth-order valence-electron chi connectivity index (χ4n) is 6.05. The van der Waals surface area contributed by atoms with E-state index in [9.17, 15) is 4.80 Å². The Kier molecular flexibility index (Phi) is 9.25. The maximum absolute atomic E-state index is 10.8. The van der Waals surface area contributed by atoms with E-state index in [1.54, 1.807) is 0 Å². The van der Waals surface area contributed by atoms with E-state index in [1.807, 2.05) is 24.5 Å². The Morgan fingerprint density at radius 1 is 0.907 bits per heavy atom. The van der Waals surface area contributed by atoms with Gasteiger partial charge in [-0.25, -0.2) is 0 Å². The first-order valence-electron chi connectivity index (χ1n) is 15.7. The van der Waals surface area contributed by atoms with Gasteiger partial charge in [0, 0.05) is 43.2 Å². The summed E-state index contributed by atoms with van der Waals surface area (Å²) in [6.07, 6.45) is 4.70. The zero-order valence-corrected chi connectivity index (χ0v) is 28.0. The van der Waals surface area contributed by atoms with Crippen molar-refractivity contribution in [3.05, 3.63) is 89.9 Å². The molecule has 1 aliphatic heterocycles. The van der Waals surface area contributed by atoms with Crippen molar-refractivity contribution >= 4 is 8.32 Å². The van der Waals surface area contributed by atoms with Crippen molar-refractivity contribution in [3.8, 4) is 28.1 Å². The first-order chi connectivity index (χ1) is 20.4. The largest absolute Gasteiger partial charge is 0.489 e. The molecule has 0 bridgehead atoms. The van der Waals surface area contributed by atoms with E-state index in [1.165, 1.54) is 22.4 Å². The smallest absolute Gasteiger partial charge is 0.188 e. The fraction of sp³-hybridized carbons (Fsp3) is 0.444. The van der Waals surface area contributed by atoms with Crippen molar-refractivity contribution < 1.29 is 9.53 Å². The monoisotopic (exact) mass is 596 g/mol. The van der Waals surface area contributed by atoms with Gasteiger partial charge in [0.15, 0.2) is 8.32 Å². The first-order valence-corrected chi connectivity index (χ1v) is 18.6. The van der Waals surface area contributed by atoms with E-state index in [4.69, 9.17) is 9.84 Å². The van der Waals surface area contributed by atoms with Crippen LogP contribution in [0.4, 0.5) is 0 Å². The molecule has 7 heteroatoms. The van der Waals surface area contributed by atoms with Crippen LogP contribution in [0.2, 0.25) is 18.1 Å². The summed E-state index contributed by atoms with van der Waals surface area (Å²) >= 11 is 0. The molecule has 43 heavy (non-hydrogen) atoms. The molecule has 1 atom stereocenters. The third-order valence-electron chi connectivity index (χ3n) is 9.29. The summed E-state index contributed by atoms with van der Waals surface area (Å²) in [5.41, 5.74) is 8.17. The van der Waals surface area contributed by atoms with E-state index >= 15 is 0 Å². The van der Waals surface area contributed by atoms with Gasteiger partial charge in [0.25, 0.3) is 0 Å². The minimum Gasteiger partial charge on any atom is -0.489 e. The molecule has 1 aliphatic rings. The highest BCUT2D eigenvalue weighted by atomic mass is 28.4. The molecule has 5 rings (SSSR count). The molecule has 6 nitrogen and oxygen atoms in total. The minimum atomic E-state index is -2.24. The molecule has 1 N–H and O–H groups in total. The summed E-state index contributed by atoms with van der Waals surface area (Å²) in [7, 11) is -2.24. The molecule has 228 valence electrons. The van der Waals surface area contributed by atoms with Crippen molar-refractivity contribution in [2.24, 2.45) is 5.92 Å². The van der Waals surface area contributed by atoms with Gasteiger partial charge in [-0.2, -0.15) is 5.10 Å². The maximum atomic E-state index is 10.8. The van der Waals surface area contributed by atoms with Gasteiger partial charge < -0.3 is 9.53 Å². The Bertz CT molecular complexity index is 1490. The molecular formula is C36H48N4O2Si. The Hall–Kier alpha value is -3.26. The first kappa shape index (κ1) is 31.2. The summed E-state index contributed by atoms with van der Waals surface area (Å²) in [6, 6.07) is 21.3. The summed E-state index contributed by atoms with van der Waals surface area (Å²) in [6.45, 7) is 19.6. The van der Waals surface area contributed by atoms with Crippen LogP contribution >= 0.6 is 0 Å². The van der Waals surface area contributed by atoms with Gasteiger partial charge >= 0.3 is 0 Å². The van der Waals surface area contributed by atoms with Crippen LogP contribution in [-0.2, 0) is 19.7 Å². The molecule has 0 saturated carbocycles. The zero-order chi connectivity index (χ0) is 30.8. The van der Waals surface area contributed by atoms with Crippen LogP contribution in [0.25, 0.3) is 22.4 Å². The molecular weight excluding hydrogens is 549 g/mol. The lowest BCUT2D eigenvalue weighted by Crippen LogP contribution is -2.42. The molecule has 2 aromatic heterocycles. The number of hydrogen-bond acceptors (Lipinski definition) is 5. The van der Waals surface area contributed by atoms with E-state index < -0.39 is 8.32 Å². The average molecular weight is 597 g/mol. The molecule has 0 amide bonds. The zero-order valence-electron chi connectivity index (χ0n) is 27.0. The number of fused-ring (bicyclic) bond motifs is 1. The quantitative estimate of drug-likeness (QED) is 0.177. The number of rotatable bonds is 11. The van der Waals surface area contributed by atoms with Crippen LogP contribution in [0, 0.1) is 5.92 Å². The molecule has 1 unspecified atom stereocenters. The Labute approximate surface area is 258 Å². The third kappa shape index (κ3) is 7.28. The van der Waals surface area contributed by atoms with Crippen molar-refractivity contribution in [3.63, 3.8) is 0 Å². The second-order valence-electron chi connectivity index (χ2n) is 13.8. The second kappa shape index (κ2) is 12.8. The topological polar surface area (TPSA) is 63.4 Å². The molecule has 0 saturated heterocycles. The molecule has 0 radical (unpaired) electrons. The van der Waals surface area contributed by atoms with Gasteiger partial charge in [-0.3, -0.25) is 14.6 Å². The van der Waals surface area contributed by atoms with Gasteiger partial charge in [-0.05, 0) is 77.3 Å². The van der Waals surface area contributed by atoms with Crippen LogP contribution in [0.3, 0.4) is 0 Å². The highest BCUT2D eigenvalue weighted by Crippen LogP contribution is 2.42. The Morgan fingerprint density at radius 3 is 2.21 bits per heavy atom. The fourth-order valence-corrected chi connectivity index (χ4v) is 6.90. The van der Waals surface area contributed by atoms with E-state index in [2.05, 4.69) is 111 Å². The van der Waals surface area contributed by atoms with Crippen LogP contribution in [0.15, 0.2) is 73.1 Å².